The van der Waals surface area contributed by atoms with E-state index in [1.165, 1.54) is 0 Å². The fourth-order valence-corrected chi connectivity index (χ4v) is 3.20. The Morgan fingerprint density at radius 3 is 2.68 bits per heavy atom. The maximum Gasteiger partial charge on any atom is 0.0793 e. The molecule has 5 nitrogen and oxygen atoms in total. The Morgan fingerprint density at radius 1 is 1.32 bits per heavy atom. The first-order valence-electron chi connectivity index (χ1n) is 7.50. The minimum Gasteiger partial charge on any atom is -0.393 e. The minimum absolute atomic E-state index is 0.140. The number of nitrogens with zero attached hydrogens (tertiary/aromatic N) is 2. The molecule has 1 aliphatic heterocycles. The van der Waals surface area contributed by atoms with E-state index in [0.29, 0.717) is 12.5 Å². The second kappa shape index (κ2) is 7.55. The predicted octanol–water partition coefficient (Wildman–Crippen LogP) is -0.228. The molecular weight excluding hydrogens is 244 g/mol. The molecule has 0 radical (unpaired) electrons. The van der Waals surface area contributed by atoms with Gasteiger partial charge in [-0.15, -0.1) is 0 Å². The molecule has 0 aromatic heterocycles. The zero-order chi connectivity index (χ0) is 13.7. The van der Waals surface area contributed by atoms with Crippen LogP contribution in [0.5, 0.6) is 0 Å². The van der Waals surface area contributed by atoms with E-state index in [2.05, 4.69) is 9.80 Å². The van der Waals surface area contributed by atoms with Crippen molar-refractivity contribution in [3.05, 3.63) is 0 Å². The van der Waals surface area contributed by atoms with Crippen molar-refractivity contribution < 1.29 is 14.9 Å². The Balaban J connectivity index is 1.64. The highest BCUT2D eigenvalue weighted by atomic mass is 16.5. The fraction of sp³-hybridized carbons (Fsp3) is 1.00. The van der Waals surface area contributed by atoms with E-state index in [-0.39, 0.29) is 12.2 Å². The zero-order valence-electron chi connectivity index (χ0n) is 12.0. The Morgan fingerprint density at radius 2 is 2.05 bits per heavy atom. The first kappa shape index (κ1) is 15.2. The van der Waals surface area contributed by atoms with Gasteiger partial charge in [0.2, 0.25) is 0 Å². The third-order valence-electron chi connectivity index (χ3n) is 4.26. The lowest BCUT2D eigenvalue weighted by molar-refractivity contribution is 0.00625. The van der Waals surface area contributed by atoms with Crippen molar-refractivity contribution in [2.45, 2.75) is 31.5 Å². The van der Waals surface area contributed by atoms with Gasteiger partial charge >= 0.3 is 0 Å². The number of rotatable bonds is 6. The van der Waals surface area contributed by atoms with Crippen LogP contribution in [-0.2, 0) is 4.74 Å². The normalized spacial score (nSPS) is 30.9. The highest BCUT2D eigenvalue weighted by Crippen LogP contribution is 2.25. The molecule has 2 aliphatic rings. The van der Waals surface area contributed by atoms with Crippen LogP contribution in [0.3, 0.4) is 0 Å². The van der Waals surface area contributed by atoms with Crippen LogP contribution >= 0.6 is 0 Å². The minimum atomic E-state index is -0.318. The fourth-order valence-electron chi connectivity index (χ4n) is 3.20. The lowest BCUT2D eigenvalue weighted by atomic mass is 10.1. The van der Waals surface area contributed by atoms with E-state index in [4.69, 9.17) is 4.74 Å². The molecular formula is C14H28N2O3. The maximum absolute atomic E-state index is 10.1. The van der Waals surface area contributed by atoms with Gasteiger partial charge in [0.25, 0.3) is 0 Å². The van der Waals surface area contributed by atoms with E-state index in [0.717, 1.165) is 58.7 Å². The number of ether oxygens (including phenoxy) is 1. The van der Waals surface area contributed by atoms with Crippen molar-refractivity contribution in [3.63, 3.8) is 0 Å². The highest BCUT2D eigenvalue weighted by molar-refractivity contribution is 4.79. The highest BCUT2D eigenvalue weighted by Gasteiger charge is 2.26. The number of aliphatic hydroxyl groups is 2. The van der Waals surface area contributed by atoms with E-state index in [9.17, 15) is 10.2 Å². The summed E-state index contributed by atoms with van der Waals surface area (Å²) in [6.45, 7) is 5.68. The Bertz CT molecular complexity index is 259. The van der Waals surface area contributed by atoms with Crippen molar-refractivity contribution in [2.75, 3.05) is 53.0 Å². The van der Waals surface area contributed by atoms with Gasteiger partial charge in [-0.2, -0.15) is 0 Å². The van der Waals surface area contributed by atoms with Crippen LogP contribution in [0, 0.1) is 5.92 Å². The van der Waals surface area contributed by atoms with Gasteiger partial charge in [0.05, 0.1) is 25.4 Å². The van der Waals surface area contributed by atoms with Gasteiger partial charge in [-0.05, 0) is 25.8 Å². The van der Waals surface area contributed by atoms with Crippen LogP contribution in [0.25, 0.3) is 0 Å². The molecule has 2 N–H and O–H groups in total. The number of hydrogen-bond acceptors (Lipinski definition) is 5. The van der Waals surface area contributed by atoms with Crippen LogP contribution in [0.15, 0.2) is 0 Å². The molecule has 19 heavy (non-hydrogen) atoms. The van der Waals surface area contributed by atoms with Crippen LogP contribution in [0.4, 0.5) is 0 Å². The van der Waals surface area contributed by atoms with Crippen molar-refractivity contribution in [3.8, 4) is 0 Å². The Labute approximate surface area is 116 Å². The van der Waals surface area contributed by atoms with Crippen molar-refractivity contribution in [2.24, 2.45) is 5.92 Å². The Hall–Kier alpha value is -0.200. The molecule has 5 heteroatoms. The number of morpholine rings is 1. The van der Waals surface area contributed by atoms with Crippen LogP contribution in [-0.4, -0.2) is 85.2 Å². The molecule has 112 valence electrons. The first-order valence-corrected chi connectivity index (χ1v) is 7.50. The summed E-state index contributed by atoms with van der Waals surface area (Å²) < 4.78 is 5.30. The van der Waals surface area contributed by atoms with Gasteiger partial charge in [-0.1, -0.05) is 6.42 Å². The van der Waals surface area contributed by atoms with Crippen molar-refractivity contribution >= 4 is 0 Å². The number of likely N-dealkylation sites (N-methyl/N-ethyl adjacent to an activating group) is 1. The first-order chi connectivity index (χ1) is 9.15. The molecule has 0 spiro atoms. The second-order valence-electron chi connectivity index (χ2n) is 6.05. The summed E-state index contributed by atoms with van der Waals surface area (Å²) >= 11 is 0. The molecule has 2 fully saturated rings. The number of β-amino-alcohol motifs (C(OH)–C–C–N with tert-alkyl or cyclic N) is 1. The standard InChI is InChI=1S/C14H28N2O3/c1-15(9-12-3-2-4-14(12)18)10-13(17)11-16-5-7-19-8-6-16/h12-14,17-18H,2-11H2,1H3. The average molecular weight is 272 g/mol. The molecule has 2 rings (SSSR count). The summed E-state index contributed by atoms with van der Waals surface area (Å²) in [6, 6.07) is 0. The maximum atomic E-state index is 10.1. The van der Waals surface area contributed by atoms with Crippen LogP contribution in [0.1, 0.15) is 19.3 Å². The summed E-state index contributed by atoms with van der Waals surface area (Å²) in [5, 5.41) is 19.9. The predicted molar refractivity (Wildman–Crippen MR) is 74.1 cm³/mol. The molecule has 1 saturated carbocycles. The van der Waals surface area contributed by atoms with E-state index in [1.54, 1.807) is 0 Å². The van der Waals surface area contributed by atoms with E-state index in [1.807, 2.05) is 7.05 Å². The van der Waals surface area contributed by atoms with Crippen molar-refractivity contribution in [1.29, 1.82) is 0 Å². The van der Waals surface area contributed by atoms with Gasteiger partial charge < -0.3 is 19.8 Å². The van der Waals surface area contributed by atoms with Gasteiger partial charge in [0.15, 0.2) is 0 Å². The summed E-state index contributed by atoms with van der Waals surface area (Å²) in [4.78, 5) is 4.41. The van der Waals surface area contributed by atoms with Gasteiger partial charge in [0, 0.05) is 32.7 Å². The zero-order valence-corrected chi connectivity index (χ0v) is 12.0. The number of hydrogen-bond donors (Lipinski definition) is 2. The third kappa shape index (κ3) is 5.00. The van der Waals surface area contributed by atoms with E-state index >= 15 is 0 Å². The molecule has 0 aromatic carbocycles. The van der Waals surface area contributed by atoms with Gasteiger partial charge in [0.1, 0.15) is 0 Å². The molecule has 1 aliphatic carbocycles. The monoisotopic (exact) mass is 272 g/mol. The number of aliphatic hydroxyl groups excluding tert-OH is 2. The SMILES string of the molecule is CN(CC(O)CN1CCOCC1)CC1CCCC1O. The lowest BCUT2D eigenvalue weighted by Gasteiger charge is -2.31. The summed E-state index contributed by atoms with van der Waals surface area (Å²) in [6.07, 6.45) is 2.73. The van der Waals surface area contributed by atoms with E-state index < -0.39 is 0 Å². The summed E-state index contributed by atoms with van der Waals surface area (Å²) in [7, 11) is 2.04. The molecule has 3 unspecified atom stereocenters. The average Bonchev–Trinajstić information content (AvgIpc) is 2.76. The van der Waals surface area contributed by atoms with Crippen LogP contribution < -0.4 is 0 Å². The van der Waals surface area contributed by atoms with Crippen LogP contribution in [0.2, 0.25) is 0 Å². The molecule has 1 saturated heterocycles. The second-order valence-corrected chi connectivity index (χ2v) is 6.05. The quantitative estimate of drug-likeness (QED) is 0.700. The lowest BCUT2D eigenvalue weighted by Crippen LogP contribution is -2.44. The Kier molecular flexibility index (Phi) is 6.04. The smallest absolute Gasteiger partial charge is 0.0793 e. The summed E-state index contributed by atoms with van der Waals surface area (Å²) in [5.74, 6) is 0.389. The largest absolute Gasteiger partial charge is 0.393 e. The molecule has 0 amide bonds. The molecule has 0 aromatic rings. The van der Waals surface area contributed by atoms with Crippen molar-refractivity contribution in [1.82, 2.24) is 9.80 Å². The van der Waals surface area contributed by atoms with Gasteiger partial charge in [-0.25, -0.2) is 0 Å². The third-order valence-corrected chi connectivity index (χ3v) is 4.26. The molecule has 1 heterocycles. The molecule has 3 atom stereocenters. The summed E-state index contributed by atoms with van der Waals surface area (Å²) in [5.41, 5.74) is 0. The van der Waals surface area contributed by atoms with Gasteiger partial charge in [-0.3, -0.25) is 4.90 Å². The molecule has 0 bridgehead atoms. The topological polar surface area (TPSA) is 56.2 Å².